The number of pyridine rings is 1. The minimum atomic E-state index is 0.0446. The van der Waals surface area contributed by atoms with Crippen molar-refractivity contribution in [3.63, 3.8) is 0 Å². The number of halogens is 1. The molecule has 1 aliphatic rings. The van der Waals surface area contributed by atoms with E-state index < -0.39 is 0 Å². The number of carbonyl (C=O) groups excluding carboxylic acids is 1. The zero-order valence-corrected chi connectivity index (χ0v) is 16.2. The highest BCUT2D eigenvalue weighted by molar-refractivity contribution is 9.11. The van der Waals surface area contributed by atoms with Crippen LogP contribution >= 0.6 is 39.0 Å². The van der Waals surface area contributed by atoms with Gasteiger partial charge in [0, 0.05) is 23.4 Å². The number of amides is 1. The van der Waals surface area contributed by atoms with Gasteiger partial charge in [0.25, 0.3) is 5.91 Å². The maximum Gasteiger partial charge on any atom is 0.256 e. The van der Waals surface area contributed by atoms with Crippen molar-refractivity contribution < 1.29 is 4.79 Å². The van der Waals surface area contributed by atoms with E-state index in [1.54, 1.807) is 34.2 Å². The standard InChI is InChI=1S/C17H19BrN2OS2/c1-20(11-13-8-9-15(18)22-13)17(21)14-7-4-10-19-16(14)23-12-5-2-3-6-12/h4,7-10,12H,2-3,5-6,11H2,1H3. The van der Waals surface area contributed by atoms with Crippen LogP contribution in [-0.4, -0.2) is 28.1 Å². The molecule has 1 fully saturated rings. The van der Waals surface area contributed by atoms with Crippen molar-refractivity contribution in [2.45, 2.75) is 42.5 Å². The number of hydrogen-bond acceptors (Lipinski definition) is 4. The van der Waals surface area contributed by atoms with E-state index in [2.05, 4.69) is 27.0 Å². The first-order valence-electron chi connectivity index (χ1n) is 7.75. The number of rotatable bonds is 5. The lowest BCUT2D eigenvalue weighted by Gasteiger charge is -2.18. The molecule has 6 heteroatoms. The molecule has 1 saturated carbocycles. The molecule has 0 N–H and O–H groups in total. The summed E-state index contributed by atoms with van der Waals surface area (Å²) in [6, 6.07) is 7.81. The van der Waals surface area contributed by atoms with Crippen molar-refractivity contribution in [2.24, 2.45) is 0 Å². The molecule has 0 radical (unpaired) electrons. The van der Waals surface area contributed by atoms with Gasteiger partial charge in [0.05, 0.1) is 15.9 Å². The van der Waals surface area contributed by atoms with Crippen molar-refractivity contribution in [3.8, 4) is 0 Å². The maximum atomic E-state index is 12.8. The summed E-state index contributed by atoms with van der Waals surface area (Å²) in [5, 5.41) is 1.48. The predicted octanol–water partition coefficient (Wildman–Crippen LogP) is 5.21. The van der Waals surface area contributed by atoms with Gasteiger partial charge in [-0.15, -0.1) is 23.1 Å². The van der Waals surface area contributed by atoms with Crippen molar-refractivity contribution >= 4 is 44.9 Å². The Kier molecular flexibility index (Phi) is 5.77. The van der Waals surface area contributed by atoms with Gasteiger partial charge in [-0.3, -0.25) is 4.79 Å². The first kappa shape index (κ1) is 17.0. The summed E-state index contributed by atoms with van der Waals surface area (Å²) < 4.78 is 1.09. The van der Waals surface area contributed by atoms with Crippen LogP contribution in [0.25, 0.3) is 0 Å². The van der Waals surface area contributed by atoms with Crippen molar-refractivity contribution in [1.82, 2.24) is 9.88 Å². The smallest absolute Gasteiger partial charge is 0.256 e. The number of thiophene rings is 1. The third-order valence-corrected chi connectivity index (χ3v) is 6.91. The molecule has 0 aliphatic heterocycles. The van der Waals surface area contributed by atoms with E-state index in [1.165, 1.54) is 30.6 Å². The van der Waals surface area contributed by atoms with Crippen LogP contribution in [0.4, 0.5) is 0 Å². The number of carbonyl (C=O) groups is 1. The second kappa shape index (κ2) is 7.81. The highest BCUT2D eigenvalue weighted by Crippen LogP contribution is 2.35. The van der Waals surface area contributed by atoms with E-state index >= 15 is 0 Å². The lowest BCUT2D eigenvalue weighted by molar-refractivity contribution is 0.0782. The third kappa shape index (κ3) is 4.37. The fraction of sp³-hybridized carbons (Fsp3) is 0.412. The van der Waals surface area contributed by atoms with Gasteiger partial charge in [0.1, 0.15) is 5.03 Å². The molecule has 0 bridgehead atoms. The molecular weight excluding hydrogens is 392 g/mol. The zero-order chi connectivity index (χ0) is 16.2. The average molecular weight is 411 g/mol. The van der Waals surface area contributed by atoms with Crippen LogP contribution in [0.5, 0.6) is 0 Å². The predicted molar refractivity (Wildman–Crippen MR) is 100 cm³/mol. The van der Waals surface area contributed by atoms with Gasteiger partial charge < -0.3 is 4.90 Å². The molecule has 122 valence electrons. The van der Waals surface area contributed by atoms with Gasteiger partial charge in [-0.1, -0.05) is 12.8 Å². The van der Waals surface area contributed by atoms with Gasteiger partial charge in [-0.25, -0.2) is 4.98 Å². The Bertz CT molecular complexity index is 683. The highest BCUT2D eigenvalue weighted by Gasteiger charge is 2.22. The van der Waals surface area contributed by atoms with E-state index in [4.69, 9.17) is 0 Å². The van der Waals surface area contributed by atoms with Crippen LogP contribution in [0.3, 0.4) is 0 Å². The maximum absolute atomic E-state index is 12.8. The van der Waals surface area contributed by atoms with E-state index in [-0.39, 0.29) is 5.91 Å². The Labute approximate surface area is 153 Å². The number of hydrogen-bond donors (Lipinski definition) is 0. The lowest BCUT2D eigenvalue weighted by atomic mass is 10.2. The zero-order valence-electron chi connectivity index (χ0n) is 13.0. The number of thioether (sulfide) groups is 1. The second-order valence-electron chi connectivity index (χ2n) is 5.75. The van der Waals surface area contributed by atoms with Crippen molar-refractivity contribution in [2.75, 3.05) is 7.05 Å². The van der Waals surface area contributed by atoms with Gasteiger partial charge in [-0.05, 0) is 53.0 Å². The molecule has 0 spiro atoms. The van der Waals surface area contributed by atoms with Crippen LogP contribution in [0, 0.1) is 0 Å². The number of nitrogens with zero attached hydrogens (tertiary/aromatic N) is 2. The first-order valence-corrected chi connectivity index (χ1v) is 10.2. The van der Waals surface area contributed by atoms with Crippen LogP contribution in [0.1, 0.15) is 40.9 Å². The van der Waals surface area contributed by atoms with Crippen LogP contribution < -0.4 is 0 Å². The Morgan fingerprint density at radius 2 is 2.17 bits per heavy atom. The normalized spacial score (nSPS) is 15.0. The quantitative estimate of drug-likeness (QED) is 0.677. The molecule has 2 heterocycles. The van der Waals surface area contributed by atoms with Crippen LogP contribution in [-0.2, 0) is 6.54 Å². The molecule has 3 nitrogen and oxygen atoms in total. The molecule has 2 aromatic rings. The number of aromatic nitrogens is 1. The molecule has 0 unspecified atom stereocenters. The van der Waals surface area contributed by atoms with Gasteiger partial charge in [0.15, 0.2) is 0 Å². The Hall–Kier alpha value is -0.850. The molecule has 23 heavy (non-hydrogen) atoms. The largest absolute Gasteiger partial charge is 0.336 e. The lowest BCUT2D eigenvalue weighted by Crippen LogP contribution is -2.26. The Balaban J connectivity index is 1.73. The van der Waals surface area contributed by atoms with E-state index in [9.17, 15) is 4.79 Å². The molecule has 1 amide bonds. The molecule has 2 aromatic heterocycles. The molecule has 0 saturated heterocycles. The fourth-order valence-corrected chi connectivity index (χ4v) is 5.59. The van der Waals surface area contributed by atoms with Crippen LogP contribution in [0.15, 0.2) is 39.3 Å². The summed E-state index contributed by atoms with van der Waals surface area (Å²) in [6.45, 7) is 0.623. The SMILES string of the molecule is CN(Cc1ccc(Br)s1)C(=O)c1cccnc1SC1CCCC1. The second-order valence-corrected chi connectivity index (χ2v) is 9.58. The summed E-state index contributed by atoms with van der Waals surface area (Å²) in [5.41, 5.74) is 0.725. The van der Waals surface area contributed by atoms with Gasteiger partial charge in [-0.2, -0.15) is 0 Å². The molecule has 0 aromatic carbocycles. The summed E-state index contributed by atoms with van der Waals surface area (Å²) in [6.07, 6.45) is 6.83. The van der Waals surface area contributed by atoms with Crippen LogP contribution in [0.2, 0.25) is 0 Å². The van der Waals surface area contributed by atoms with Gasteiger partial charge >= 0.3 is 0 Å². The Morgan fingerprint density at radius 1 is 1.39 bits per heavy atom. The Morgan fingerprint density at radius 3 is 2.87 bits per heavy atom. The molecule has 3 rings (SSSR count). The van der Waals surface area contributed by atoms with E-state index in [0.29, 0.717) is 11.8 Å². The van der Waals surface area contributed by atoms with Crippen molar-refractivity contribution in [3.05, 3.63) is 44.7 Å². The molecular formula is C17H19BrN2OS2. The molecule has 0 atom stereocenters. The summed E-state index contributed by atoms with van der Waals surface area (Å²) in [4.78, 5) is 20.2. The monoisotopic (exact) mass is 410 g/mol. The first-order chi connectivity index (χ1) is 11.1. The van der Waals surface area contributed by atoms with Gasteiger partial charge in [0.2, 0.25) is 0 Å². The average Bonchev–Trinajstić information content (AvgIpc) is 3.19. The topological polar surface area (TPSA) is 33.2 Å². The van der Waals surface area contributed by atoms with Crippen molar-refractivity contribution in [1.29, 1.82) is 0 Å². The molecule has 1 aliphatic carbocycles. The van der Waals surface area contributed by atoms with E-state index in [0.717, 1.165) is 14.4 Å². The minimum absolute atomic E-state index is 0.0446. The van der Waals surface area contributed by atoms with E-state index in [1.807, 2.05) is 25.2 Å². The third-order valence-electron chi connectivity index (χ3n) is 3.95. The highest BCUT2D eigenvalue weighted by atomic mass is 79.9. The summed E-state index contributed by atoms with van der Waals surface area (Å²) >= 11 is 6.90. The summed E-state index contributed by atoms with van der Waals surface area (Å²) in [7, 11) is 1.85. The fourth-order valence-electron chi connectivity index (χ4n) is 2.76. The summed E-state index contributed by atoms with van der Waals surface area (Å²) in [5.74, 6) is 0.0446. The minimum Gasteiger partial charge on any atom is -0.336 e.